The summed E-state index contributed by atoms with van der Waals surface area (Å²) in [5.41, 5.74) is 1.08. The van der Waals surface area contributed by atoms with E-state index >= 15 is 0 Å². The summed E-state index contributed by atoms with van der Waals surface area (Å²) in [7, 11) is 1.57. The van der Waals surface area contributed by atoms with Gasteiger partial charge in [0, 0.05) is 11.7 Å². The first-order valence-corrected chi connectivity index (χ1v) is 9.58. The van der Waals surface area contributed by atoms with Gasteiger partial charge < -0.3 is 15.0 Å². The zero-order valence-electron chi connectivity index (χ0n) is 16.4. The van der Waals surface area contributed by atoms with E-state index in [1.165, 1.54) is 29.2 Å². The second-order valence-electron chi connectivity index (χ2n) is 6.93. The number of methoxy groups -OCH3 is 1. The standard InChI is InChI=1S/C21H22FN3O3S/c1-13(2)24-18(12-19(26)23-15-6-10-17(28-3)11-7-15)20(27)25(21(24)29)16-8-4-14(22)5-9-16/h4-11,13,18H,12H2,1-3H3,(H,23,26)/t18-/m1/s1. The van der Waals surface area contributed by atoms with Gasteiger partial charge in [0.05, 0.1) is 19.2 Å². The van der Waals surface area contributed by atoms with Crippen molar-refractivity contribution < 1.29 is 18.7 Å². The monoisotopic (exact) mass is 415 g/mol. The minimum Gasteiger partial charge on any atom is -0.497 e. The summed E-state index contributed by atoms with van der Waals surface area (Å²) in [6, 6.07) is 11.6. The van der Waals surface area contributed by atoms with E-state index in [1.807, 2.05) is 13.8 Å². The molecule has 1 heterocycles. The van der Waals surface area contributed by atoms with E-state index in [0.29, 0.717) is 22.2 Å². The van der Waals surface area contributed by atoms with Crippen molar-refractivity contribution >= 4 is 40.5 Å². The molecule has 152 valence electrons. The van der Waals surface area contributed by atoms with Crippen LogP contribution in [0.2, 0.25) is 0 Å². The highest BCUT2D eigenvalue weighted by molar-refractivity contribution is 7.80. The molecule has 2 aromatic rings. The molecule has 1 N–H and O–H groups in total. The molecule has 0 aliphatic carbocycles. The average molecular weight is 415 g/mol. The summed E-state index contributed by atoms with van der Waals surface area (Å²) in [4.78, 5) is 28.8. The molecule has 29 heavy (non-hydrogen) atoms. The molecule has 6 nitrogen and oxygen atoms in total. The predicted molar refractivity (Wildman–Crippen MR) is 113 cm³/mol. The average Bonchev–Trinajstić information content (AvgIpc) is 2.93. The van der Waals surface area contributed by atoms with Crippen molar-refractivity contribution in [1.29, 1.82) is 0 Å². The second-order valence-corrected chi connectivity index (χ2v) is 7.30. The zero-order valence-corrected chi connectivity index (χ0v) is 17.2. The largest absolute Gasteiger partial charge is 0.497 e. The number of amides is 2. The number of carbonyl (C=O) groups is 2. The van der Waals surface area contributed by atoms with Crippen molar-refractivity contribution in [3.63, 3.8) is 0 Å². The van der Waals surface area contributed by atoms with Crippen LogP contribution in [0.1, 0.15) is 20.3 Å². The van der Waals surface area contributed by atoms with E-state index in [0.717, 1.165) is 0 Å². The van der Waals surface area contributed by atoms with Crippen molar-refractivity contribution in [3.8, 4) is 5.75 Å². The first kappa shape index (κ1) is 20.7. The maximum Gasteiger partial charge on any atom is 0.256 e. The molecule has 1 aliphatic rings. The Bertz CT molecular complexity index is 916. The fourth-order valence-electron chi connectivity index (χ4n) is 3.27. The lowest BCUT2D eigenvalue weighted by Gasteiger charge is -2.27. The number of thiocarbonyl (C=S) groups is 1. The van der Waals surface area contributed by atoms with Crippen LogP contribution >= 0.6 is 12.2 Å². The van der Waals surface area contributed by atoms with E-state index < -0.39 is 11.9 Å². The van der Waals surface area contributed by atoms with Gasteiger partial charge in [0.15, 0.2) is 5.11 Å². The maximum absolute atomic E-state index is 13.3. The molecular formula is C21H22FN3O3S. The summed E-state index contributed by atoms with van der Waals surface area (Å²) in [5.74, 6) is -0.328. The maximum atomic E-state index is 13.3. The van der Waals surface area contributed by atoms with Crippen molar-refractivity contribution in [2.45, 2.75) is 32.4 Å². The molecule has 1 saturated heterocycles. The lowest BCUT2D eigenvalue weighted by molar-refractivity contribution is -0.124. The highest BCUT2D eigenvalue weighted by Crippen LogP contribution is 2.29. The molecule has 0 unspecified atom stereocenters. The third kappa shape index (κ3) is 4.37. The number of ether oxygens (including phenoxy) is 1. The number of nitrogens with zero attached hydrogens (tertiary/aromatic N) is 2. The summed E-state index contributed by atoms with van der Waals surface area (Å²) >= 11 is 5.51. The molecule has 1 aliphatic heterocycles. The lowest BCUT2D eigenvalue weighted by Crippen LogP contribution is -2.42. The summed E-state index contributed by atoms with van der Waals surface area (Å²) < 4.78 is 18.4. The van der Waals surface area contributed by atoms with Crippen LogP contribution in [0.4, 0.5) is 15.8 Å². The normalized spacial score (nSPS) is 16.5. The Morgan fingerprint density at radius 3 is 2.34 bits per heavy atom. The van der Waals surface area contributed by atoms with E-state index in [2.05, 4.69) is 5.32 Å². The van der Waals surface area contributed by atoms with E-state index in [9.17, 15) is 14.0 Å². The summed E-state index contributed by atoms with van der Waals surface area (Å²) in [6.07, 6.45) is -0.0547. The summed E-state index contributed by atoms with van der Waals surface area (Å²) in [5, 5.41) is 3.10. The minimum atomic E-state index is -0.731. The number of carbonyl (C=O) groups excluding carboxylic acids is 2. The number of halogens is 1. The van der Waals surface area contributed by atoms with Gasteiger partial charge in [0.1, 0.15) is 17.6 Å². The molecule has 0 spiro atoms. The smallest absolute Gasteiger partial charge is 0.256 e. The van der Waals surface area contributed by atoms with E-state index in [1.54, 1.807) is 36.3 Å². The van der Waals surface area contributed by atoms with E-state index in [4.69, 9.17) is 17.0 Å². The van der Waals surface area contributed by atoms with Gasteiger partial charge in [-0.25, -0.2) is 4.39 Å². The van der Waals surface area contributed by atoms with Crippen LogP contribution in [0.25, 0.3) is 0 Å². The Kier molecular flexibility index (Phi) is 6.12. The van der Waals surface area contributed by atoms with Crippen LogP contribution in [0, 0.1) is 5.82 Å². The Morgan fingerprint density at radius 1 is 1.17 bits per heavy atom. The molecule has 8 heteroatoms. The quantitative estimate of drug-likeness (QED) is 0.731. The van der Waals surface area contributed by atoms with Crippen molar-refractivity contribution in [1.82, 2.24) is 4.90 Å². The van der Waals surface area contributed by atoms with Crippen molar-refractivity contribution in [3.05, 3.63) is 54.3 Å². The molecule has 1 atom stereocenters. The van der Waals surface area contributed by atoms with Crippen molar-refractivity contribution in [2.24, 2.45) is 0 Å². The number of benzene rings is 2. The molecule has 0 aromatic heterocycles. The van der Waals surface area contributed by atoms with Crippen molar-refractivity contribution in [2.75, 3.05) is 17.3 Å². The predicted octanol–water partition coefficient (Wildman–Crippen LogP) is 3.57. The van der Waals surface area contributed by atoms with Gasteiger partial charge in [-0.2, -0.15) is 0 Å². The molecule has 2 aromatic carbocycles. The molecule has 3 rings (SSSR count). The number of hydrogen-bond donors (Lipinski definition) is 1. The van der Waals surface area contributed by atoms with Gasteiger partial charge in [-0.15, -0.1) is 0 Å². The number of rotatable bonds is 6. The van der Waals surface area contributed by atoms with Gasteiger partial charge >= 0.3 is 0 Å². The first-order chi connectivity index (χ1) is 13.8. The fourth-order valence-corrected chi connectivity index (χ4v) is 3.80. The number of anilines is 2. The van der Waals surface area contributed by atoms with Gasteiger partial charge in [-0.1, -0.05) is 0 Å². The highest BCUT2D eigenvalue weighted by atomic mass is 32.1. The fraction of sp³-hybridized carbons (Fsp3) is 0.286. The van der Waals surface area contributed by atoms with Gasteiger partial charge in [0.25, 0.3) is 5.91 Å². The topological polar surface area (TPSA) is 61.9 Å². The third-order valence-corrected chi connectivity index (χ3v) is 5.04. The third-order valence-electron chi connectivity index (χ3n) is 4.65. The Morgan fingerprint density at radius 2 is 1.79 bits per heavy atom. The van der Waals surface area contributed by atoms with Crippen LogP contribution in [0.5, 0.6) is 5.75 Å². The Labute approximate surface area is 174 Å². The SMILES string of the molecule is COc1ccc(NC(=O)C[C@@H]2C(=O)N(c3ccc(F)cc3)C(=S)N2C(C)C)cc1. The van der Waals surface area contributed by atoms with Gasteiger partial charge in [-0.3, -0.25) is 14.5 Å². The highest BCUT2D eigenvalue weighted by Gasteiger charge is 2.45. The summed E-state index contributed by atoms with van der Waals surface area (Å²) in [6.45, 7) is 3.81. The second kappa shape index (κ2) is 8.57. The Balaban J connectivity index is 1.78. The van der Waals surface area contributed by atoms with Crippen LogP contribution in [0.15, 0.2) is 48.5 Å². The molecule has 2 amide bonds. The molecular weight excluding hydrogens is 393 g/mol. The molecule has 1 fully saturated rings. The minimum absolute atomic E-state index is 0.0547. The number of nitrogens with one attached hydrogen (secondary N) is 1. The number of hydrogen-bond acceptors (Lipinski definition) is 4. The molecule has 0 radical (unpaired) electrons. The Hall–Kier alpha value is -3.00. The van der Waals surface area contributed by atoms with Gasteiger partial charge in [-0.05, 0) is 74.6 Å². The van der Waals surface area contributed by atoms with E-state index in [-0.39, 0.29) is 24.3 Å². The van der Waals surface area contributed by atoms with Crippen LogP contribution in [-0.2, 0) is 9.59 Å². The van der Waals surface area contributed by atoms with Crippen LogP contribution in [-0.4, -0.2) is 41.0 Å². The van der Waals surface area contributed by atoms with Crippen LogP contribution < -0.4 is 15.0 Å². The van der Waals surface area contributed by atoms with Crippen LogP contribution in [0.3, 0.4) is 0 Å². The first-order valence-electron chi connectivity index (χ1n) is 9.17. The zero-order chi connectivity index (χ0) is 21.1. The molecule has 0 saturated carbocycles. The lowest BCUT2D eigenvalue weighted by atomic mass is 10.1. The molecule has 0 bridgehead atoms. The van der Waals surface area contributed by atoms with Gasteiger partial charge in [0.2, 0.25) is 5.91 Å².